The number of aryl methyl sites for hydroxylation is 1. The molecule has 0 amide bonds. The maximum atomic E-state index is 9.37. The number of ether oxygens (including phenoxy) is 1. The molecule has 2 heterocycles. The van der Waals surface area contributed by atoms with Crippen LogP contribution in [0.4, 0.5) is 0 Å². The number of nitrogens with zero attached hydrogens (tertiary/aromatic N) is 2. The summed E-state index contributed by atoms with van der Waals surface area (Å²) in [6, 6.07) is 7.30. The Balaban J connectivity index is 1.36. The fraction of sp³-hybridized carbons (Fsp3) is 0.455. The van der Waals surface area contributed by atoms with Gasteiger partial charge in [0.15, 0.2) is 0 Å². The molecule has 3 aromatic rings. The van der Waals surface area contributed by atoms with Crippen molar-refractivity contribution in [3.8, 4) is 27.9 Å². The molecule has 2 aliphatic carbocycles. The van der Waals surface area contributed by atoms with Crippen LogP contribution in [0.3, 0.4) is 0 Å². The summed E-state index contributed by atoms with van der Waals surface area (Å²) in [6.07, 6.45) is 0.220. The van der Waals surface area contributed by atoms with E-state index in [0.29, 0.717) is 28.8 Å². The highest BCUT2D eigenvalue weighted by atomic mass is 32.1. The lowest BCUT2D eigenvalue weighted by molar-refractivity contribution is 0.0536. The van der Waals surface area contributed by atoms with Gasteiger partial charge in [0.1, 0.15) is 18.5 Å². The summed E-state index contributed by atoms with van der Waals surface area (Å²) in [4.78, 5) is 7.15. The zero-order chi connectivity index (χ0) is 20.3. The summed E-state index contributed by atoms with van der Waals surface area (Å²) in [7, 11) is 0. The maximum Gasteiger partial charge on any atom is 0.268 e. The average Bonchev–Trinajstić information content (AvgIpc) is 3.21. The summed E-state index contributed by atoms with van der Waals surface area (Å²) >= 11 is 1.76. The molecule has 5 rings (SSSR count). The van der Waals surface area contributed by atoms with E-state index < -0.39 is 6.10 Å². The molecule has 2 aromatic heterocycles. The number of aliphatic hydroxyl groups excluding tert-OH is 2. The monoisotopic (exact) mass is 412 g/mol. The smallest absolute Gasteiger partial charge is 0.268 e. The van der Waals surface area contributed by atoms with E-state index in [-0.39, 0.29) is 13.2 Å². The number of fused-ring (bicyclic) bond motifs is 3. The van der Waals surface area contributed by atoms with Crippen LogP contribution < -0.4 is 4.74 Å². The zero-order valence-electron chi connectivity index (χ0n) is 16.7. The third-order valence-electron chi connectivity index (χ3n) is 6.41. The highest BCUT2D eigenvalue weighted by Crippen LogP contribution is 2.72. The number of aliphatic hydroxyl groups is 2. The summed E-state index contributed by atoms with van der Waals surface area (Å²) in [5.41, 5.74) is 4.19. The van der Waals surface area contributed by atoms with Gasteiger partial charge in [0, 0.05) is 10.4 Å². The molecule has 0 radical (unpaired) electrons. The van der Waals surface area contributed by atoms with E-state index in [1.54, 1.807) is 23.5 Å². The Hall–Kier alpha value is -2.22. The summed E-state index contributed by atoms with van der Waals surface area (Å²) in [6.45, 7) is 6.65. The lowest BCUT2D eigenvalue weighted by Crippen LogP contribution is -2.21. The predicted octanol–water partition coefficient (Wildman–Crippen LogP) is 3.80. The number of hydrogen-bond donors (Lipinski definition) is 2. The first-order chi connectivity index (χ1) is 13.9. The average molecular weight is 413 g/mol. The van der Waals surface area contributed by atoms with Crippen LogP contribution in [0, 0.1) is 18.3 Å². The van der Waals surface area contributed by atoms with Gasteiger partial charge in [0.05, 0.1) is 11.5 Å². The molecule has 7 heteroatoms. The Morgan fingerprint density at radius 1 is 1.31 bits per heavy atom. The predicted molar refractivity (Wildman–Crippen MR) is 110 cm³/mol. The van der Waals surface area contributed by atoms with Gasteiger partial charge in [0.25, 0.3) is 5.89 Å². The van der Waals surface area contributed by atoms with Gasteiger partial charge in [-0.3, -0.25) is 0 Å². The normalized spacial score (nSPS) is 22.2. The Morgan fingerprint density at radius 2 is 2.07 bits per heavy atom. The highest BCUT2D eigenvalue weighted by molar-refractivity contribution is 7.15. The van der Waals surface area contributed by atoms with Crippen LogP contribution in [-0.4, -0.2) is 39.7 Å². The SMILES string of the molecule is Cc1sc(-c2nc(-c3ccc(OC[C@H](O)CO)cc3)no2)c2c1[C@H]1[C@@H](C2)C1(C)C. The van der Waals surface area contributed by atoms with Crippen molar-refractivity contribution in [3.63, 3.8) is 0 Å². The van der Waals surface area contributed by atoms with Gasteiger partial charge in [0.2, 0.25) is 5.82 Å². The van der Waals surface area contributed by atoms with E-state index in [4.69, 9.17) is 14.4 Å². The molecule has 2 N–H and O–H groups in total. The lowest BCUT2D eigenvalue weighted by atomic mass is 9.95. The van der Waals surface area contributed by atoms with Crippen LogP contribution in [0.5, 0.6) is 5.75 Å². The molecule has 152 valence electrons. The zero-order valence-corrected chi connectivity index (χ0v) is 17.5. The van der Waals surface area contributed by atoms with Gasteiger partial charge in [-0.05, 0) is 66.0 Å². The highest BCUT2D eigenvalue weighted by Gasteiger charge is 2.63. The number of benzene rings is 1. The second-order valence-corrected chi connectivity index (χ2v) is 9.81. The molecule has 6 nitrogen and oxygen atoms in total. The first kappa shape index (κ1) is 18.8. The van der Waals surface area contributed by atoms with Crippen molar-refractivity contribution in [1.29, 1.82) is 0 Å². The van der Waals surface area contributed by atoms with Crippen molar-refractivity contribution in [3.05, 3.63) is 40.3 Å². The van der Waals surface area contributed by atoms with Crippen LogP contribution in [0.15, 0.2) is 28.8 Å². The molecular weight excluding hydrogens is 388 g/mol. The minimum atomic E-state index is -0.887. The fourth-order valence-corrected chi connectivity index (χ4v) is 5.84. The topological polar surface area (TPSA) is 88.6 Å². The van der Waals surface area contributed by atoms with E-state index in [1.807, 2.05) is 12.1 Å². The molecule has 0 saturated heterocycles. The molecule has 0 unspecified atom stereocenters. The van der Waals surface area contributed by atoms with Crippen molar-refractivity contribution in [2.75, 3.05) is 13.2 Å². The molecule has 3 atom stereocenters. The lowest BCUT2D eigenvalue weighted by Gasteiger charge is -2.09. The second kappa shape index (κ2) is 6.65. The van der Waals surface area contributed by atoms with Crippen LogP contribution in [0.1, 0.15) is 35.8 Å². The number of aromatic nitrogens is 2. The van der Waals surface area contributed by atoms with Crippen molar-refractivity contribution in [2.45, 2.75) is 39.2 Å². The van der Waals surface area contributed by atoms with Gasteiger partial charge in [-0.2, -0.15) is 4.98 Å². The fourth-order valence-electron chi connectivity index (χ4n) is 4.68. The molecular formula is C22H24N2O4S. The molecule has 2 aliphatic rings. The summed E-state index contributed by atoms with van der Waals surface area (Å²) < 4.78 is 11.1. The van der Waals surface area contributed by atoms with Crippen molar-refractivity contribution >= 4 is 11.3 Å². The van der Waals surface area contributed by atoms with E-state index in [2.05, 4.69) is 30.9 Å². The Morgan fingerprint density at radius 3 is 2.79 bits per heavy atom. The number of thiophene rings is 1. The summed E-state index contributed by atoms with van der Waals surface area (Å²) in [5, 5.41) is 22.4. The molecule has 0 spiro atoms. The molecule has 1 fully saturated rings. The van der Waals surface area contributed by atoms with E-state index in [0.717, 1.165) is 22.8 Å². The van der Waals surface area contributed by atoms with Gasteiger partial charge in [-0.1, -0.05) is 19.0 Å². The maximum absolute atomic E-state index is 9.37. The van der Waals surface area contributed by atoms with E-state index in [1.165, 1.54) is 16.0 Å². The van der Waals surface area contributed by atoms with Crippen LogP contribution >= 0.6 is 11.3 Å². The minimum absolute atomic E-state index is 0.0455. The standard InChI is InChI=1S/C22H24N2O4S/c1-11-17-15(8-16-18(17)22(16,2)3)19(29-11)21-23-20(24-28-21)12-4-6-14(7-5-12)27-10-13(26)9-25/h4-7,13,16,18,25-26H,8-10H2,1-3H3/t13-,16-,18-/m1/s1. The molecule has 29 heavy (non-hydrogen) atoms. The first-order valence-corrected chi connectivity index (χ1v) is 10.7. The molecule has 1 aromatic carbocycles. The summed E-state index contributed by atoms with van der Waals surface area (Å²) in [5.74, 6) is 3.18. The van der Waals surface area contributed by atoms with Gasteiger partial charge >= 0.3 is 0 Å². The third kappa shape index (κ3) is 2.99. The van der Waals surface area contributed by atoms with Crippen LogP contribution in [0.2, 0.25) is 0 Å². The molecule has 1 saturated carbocycles. The number of hydrogen-bond acceptors (Lipinski definition) is 7. The number of rotatable bonds is 6. The Kier molecular flexibility index (Phi) is 4.31. The largest absolute Gasteiger partial charge is 0.491 e. The Labute approximate surface area is 173 Å². The minimum Gasteiger partial charge on any atom is -0.491 e. The Bertz CT molecular complexity index is 1050. The molecule has 0 aliphatic heterocycles. The van der Waals surface area contributed by atoms with Gasteiger partial charge < -0.3 is 19.5 Å². The second-order valence-electron chi connectivity index (χ2n) is 8.58. The van der Waals surface area contributed by atoms with Crippen molar-refractivity contribution < 1.29 is 19.5 Å². The first-order valence-electron chi connectivity index (χ1n) is 9.88. The van der Waals surface area contributed by atoms with Crippen LogP contribution in [0.25, 0.3) is 22.2 Å². The molecule has 0 bridgehead atoms. The van der Waals surface area contributed by atoms with Crippen LogP contribution in [-0.2, 0) is 6.42 Å². The quantitative estimate of drug-likeness (QED) is 0.640. The van der Waals surface area contributed by atoms with Crippen molar-refractivity contribution in [1.82, 2.24) is 10.1 Å². The van der Waals surface area contributed by atoms with Gasteiger partial charge in [-0.15, -0.1) is 11.3 Å². The van der Waals surface area contributed by atoms with Gasteiger partial charge in [-0.25, -0.2) is 0 Å². The third-order valence-corrected chi connectivity index (χ3v) is 7.56. The van der Waals surface area contributed by atoms with Crippen molar-refractivity contribution in [2.24, 2.45) is 11.3 Å². The van der Waals surface area contributed by atoms with E-state index >= 15 is 0 Å². The van der Waals surface area contributed by atoms with E-state index in [9.17, 15) is 5.11 Å².